The first-order valence-electron chi connectivity index (χ1n) is 6.21. The molecule has 0 aromatic rings. The predicted octanol–water partition coefficient (Wildman–Crippen LogP) is 3.61. The molecule has 0 aromatic heterocycles. The van der Waals surface area contributed by atoms with E-state index < -0.39 is 17.0 Å². The van der Waals surface area contributed by atoms with Gasteiger partial charge in [0.25, 0.3) is 5.79 Å². The van der Waals surface area contributed by atoms with E-state index in [9.17, 15) is 0 Å². The standard InChI is InChI=1S/C14H26O4/c1-9-10-11-14(8,17-15-12(2,3)4)18-16-13(5,6)7/h9H2,1-8H3. The fraction of sp³-hybridized carbons (Fsp3) is 0.857. The Balaban J connectivity index is 4.63. The van der Waals surface area contributed by atoms with Gasteiger partial charge in [0.2, 0.25) is 0 Å². The van der Waals surface area contributed by atoms with Crippen LogP contribution in [0.25, 0.3) is 0 Å². The van der Waals surface area contributed by atoms with Gasteiger partial charge in [-0.2, -0.15) is 9.78 Å². The Morgan fingerprint density at radius 1 is 0.722 bits per heavy atom. The van der Waals surface area contributed by atoms with Crippen LogP contribution in [0.15, 0.2) is 0 Å². The molecule has 0 N–H and O–H groups in total. The minimum atomic E-state index is -1.24. The molecular weight excluding hydrogens is 232 g/mol. The van der Waals surface area contributed by atoms with E-state index in [1.54, 1.807) is 6.92 Å². The monoisotopic (exact) mass is 258 g/mol. The van der Waals surface area contributed by atoms with Crippen molar-refractivity contribution in [3.63, 3.8) is 0 Å². The maximum absolute atomic E-state index is 5.27. The van der Waals surface area contributed by atoms with Gasteiger partial charge in [-0.15, -0.1) is 0 Å². The summed E-state index contributed by atoms with van der Waals surface area (Å²) in [5, 5.41) is 0. The van der Waals surface area contributed by atoms with Gasteiger partial charge >= 0.3 is 0 Å². The molecule has 0 bridgehead atoms. The van der Waals surface area contributed by atoms with Gasteiger partial charge < -0.3 is 0 Å². The lowest BCUT2D eigenvalue weighted by Crippen LogP contribution is -2.37. The molecule has 0 saturated carbocycles. The van der Waals surface area contributed by atoms with Crippen molar-refractivity contribution >= 4 is 0 Å². The van der Waals surface area contributed by atoms with Crippen LogP contribution in [0.5, 0.6) is 0 Å². The van der Waals surface area contributed by atoms with Crippen molar-refractivity contribution in [1.29, 1.82) is 0 Å². The van der Waals surface area contributed by atoms with Crippen LogP contribution in [-0.2, 0) is 19.6 Å². The van der Waals surface area contributed by atoms with Gasteiger partial charge in [0, 0.05) is 13.3 Å². The zero-order chi connectivity index (χ0) is 14.4. The molecule has 0 rings (SSSR count). The third-order valence-corrected chi connectivity index (χ3v) is 1.39. The van der Waals surface area contributed by atoms with Crippen molar-refractivity contribution in [2.24, 2.45) is 0 Å². The molecule has 0 aliphatic heterocycles. The molecule has 106 valence electrons. The smallest absolute Gasteiger partial charge is 0.227 e. The minimum absolute atomic E-state index is 0.444. The topological polar surface area (TPSA) is 36.9 Å². The SMILES string of the molecule is CCC#CC(C)(OOC(C)(C)C)OOC(C)(C)C. The van der Waals surface area contributed by atoms with Gasteiger partial charge in [-0.1, -0.05) is 12.8 Å². The third kappa shape index (κ3) is 9.43. The fourth-order valence-corrected chi connectivity index (χ4v) is 0.714. The van der Waals surface area contributed by atoms with Crippen LogP contribution < -0.4 is 0 Å². The highest BCUT2D eigenvalue weighted by atomic mass is 17.3. The molecule has 0 fully saturated rings. The summed E-state index contributed by atoms with van der Waals surface area (Å²) >= 11 is 0. The fourth-order valence-electron chi connectivity index (χ4n) is 0.714. The van der Waals surface area contributed by atoms with E-state index >= 15 is 0 Å². The molecule has 4 heteroatoms. The van der Waals surface area contributed by atoms with Gasteiger partial charge in [-0.25, -0.2) is 9.78 Å². The normalized spacial score (nSPS) is 13.1. The highest BCUT2D eigenvalue weighted by molar-refractivity contribution is 5.07. The van der Waals surface area contributed by atoms with Crippen LogP contribution in [0.4, 0.5) is 0 Å². The van der Waals surface area contributed by atoms with E-state index in [0.29, 0.717) is 6.42 Å². The Kier molecular flexibility index (Phi) is 6.32. The highest BCUT2D eigenvalue weighted by Crippen LogP contribution is 2.20. The Hall–Kier alpha value is -0.600. The molecule has 0 atom stereocenters. The second-order valence-corrected chi connectivity index (χ2v) is 6.16. The quantitative estimate of drug-likeness (QED) is 0.334. The number of hydrogen-bond donors (Lipinski definition) is 0. The van der Waals surface area contributed by atoms with Crippen molar-refractivity contribution in [1.82, 2.24) is 0 Å². The second-order valence-electron chi connectivity index (χ2n) is 6.16. The van der Waals surface area contributed by atoms with E-state index in [-0.39, 0.29) is 0 Å². The summed E-state index contributed by atoms with van der Waals surface area (Å²) in [4.78, 5) is 21.0. The maximum atomic E-state index is 5.27. The van der Waals surface area contributed by atoms with Gasteiger partial charge in [0.1, 0.15) is 0 Å². The molecule has 0 saturated heterocycles. The summed E-state index contributed by atoms with van der Waals surface area (Å²) in [6.45, 7) is 14.9. The van der Waals surface area contributed by atoms with E-state index in [1.807, 2.05) is 48.5 Å². The summed E-state index contributed by atoms with van der Waals surface area (Å²) in [5.41, 5.74) is -0.888. The first kappa shape index (κ1) is 17.4. The lowest BCUT2D eigenvalue weighted by molar-refractivity contribution is -0.519. The lowest BCUT2D eigenvalue weighted by atomic mass is 10.2. The van der Waals surface area contributed by atoms with Gasteiger partial charge in [0.05, 0.1) is 11.2 Å². The molecule has 0 aromatic carbocycles. The lowest BCUT2D eigenvalue weighted by Gasteiger charge is -2.29. The minimum Gasteiger partial charge on any atom is -0.227 e. The average molecular weight is 258 g/mol. The number of rotatable bonds is 4. The molecule has 0 heterocycles. The molecule has 0 spiro atoms. The first-order chi connectivity index (χ1) is 7.97. The van der Waals surface area contributed by atoms with Crippen LogP contribution >= 0.6 is 0 Å². The van der Waals surface area contributed by atoms with Gasteiger partial charge in [-0.3, -0.25) is 0 Å². The Morgan fingerprint density at radius 2 is 1.11 bits per heavy atom. The van der Waals surface area contributed by atoms with Crippen LogP contribution in [-0.4, -0.2) is 17.0 Å². The van der Waals surface area contributed by atoms with E-state index in [4.69, 9.17) is 19.6 Å². The average Bonchev–Trinajstić information content (AvgIpc) is 2.19. The Bertz CT molecular complexity index is 280. The van der Waals surface area contributed by atoms with Crippen molar-refractivity contribution in [2.45, 2.75) is 78.8 Å². The molecule has 0 aliphatic rings. The van der Waals surface area contributed by atoms with Crippen LogP contribution in [0.1, 0.15) is 61.8 Å². The van der Waals surface area contributed by atoms with Crippen molar-refractivity contribution in [3.8, 4) is 11.8 Å². The first-order valence-corrected chi connectivity index (χ1v) is 6.21. The van der Waals surface area contributed by atoms with E-state index in [1.165, 1.54) is 0 Å². The van der Waals surface area contributed by atoms with Crippen LogP contribution in [0.2, 0.25) is 0 Å². The van der Waals surface area contributed by atoms with Crippen molar-refractivity contribution in [3.05, 3.63) is 0 Å². The largest absolute Gasteiger partial charge is 0.290 e. The number of hydrogen-bond acceptors (Lipinski definition) is 4. The predicted molar refractivity (Wildman–Crippen MR) is 70.3 cm³/mol. The second kappa shape index (κ2) is 6.53. The van der Waals surface area contributed by atoms with E-state index in [0.717, 1.165) is 0 Å². The summed E-state index contributed by atoms with van der Waals surface area (Å²) in [5.74, 6) is 4.51. The summed E-state index contributed by atoms with van der Waals surface area (Å²) in [6.07, 6.45) is 0.702. The van der Waals surface area contributed by atoms with Gasteiger partial charge in [0.15, 0.2) is 0 Å². The highest BCUT2D eigenvalue weighted by Gasteiger charge is 2.31. The third-order valence-electron chi connectivity index (χ3n) is 1.39. The van der Waals surface area contributed by atoms with Crippen LogP contribution in [0.3, 0.4) is 0 Å². The molecule has 0 radical (unpaired) electrons. The summed E-state index contributed by atoms with van der Waals surface area (Å²) < 4.78 is 0. The summed E-state index contributed by atoms with van der Waals surface area (Å²) in [6, 6.07) is 0. The summed E-state index contributed by atoms with van der Waals surface area (Å²) in [7, 11) is 0. The van der Waals surface area contributed by atoms with E-state index in [2.05, 4.69) is 11.8 Å². The molecule has 4 nitrogen and oxygen atoms in total. The Labute approximate surface area is 111 Å². The van der Waals surface area contributed by atoms with Crippen molar-refractivity contribution in [2.75, 3.05) is 0 Å². The molecular formula is C14H26O4. The molecule has 18 heavy (non-hydrogen) atoms. The maximum Gasteiger partial charge on any atom is 0.290 e. The Morgan fingerprint density at radius 3 is 1.39 bits per heavy atom. The molecule has 0 amide bonds. The molecule has 0 unspecified atom stereocenters. The zero-order valence-corrected chi connectivity index (χ0v) is 12.8. The van der Waals surface area contributed by atoms with Gasteiger partial charge in [-0.05, 0) is 47.5 Å². The van der Waals surface area contributed by atoms with Crippen LogP contribution in [0, 0.1) is 11.8 Å². The molecule has 0 aliphatic carbocycles. The zero-order valence-electron chi connectivity index (χ0n) is 12.8. The van der Waals surface area contributed by atoms with Crippen molar-refractivity contribution < 1.29 is 19.6 Å².